The Morgan fingerprint density at radius 2 is 2.21 bits per heavy atom. The molecule has 146 valence electrons. The number of amides is 1. The zero-order valence-corrected chi connectivity index (χ0v) is 16.1. The summed E-state index contributed by atoms with van der Waals surface area (Å²) in [4.78, 5) is 19.4. The maximum absolute atomic E-state index is 12.6. The minimum Gasteiger partial charge on any atom is -0.508 e. The van der Waals surface area contributed by atoms with Gasteiger partial charge in [0, 0.05) is 31.5 Å². The molecule has 1 aliphatic heterocycles. The van der Waals surface area contributed by atoms with Gasteiger partial charge >= 0.3 is 0 Å². The molecule has 0 bridgehead atoms. The van der Waals surface area contributed by atoms with E-state index >= 15 is 0 Å². The number of phenols is 1. The molecule has 1 amide bonds. The summed E-state index contributed by atoms with van der Waals surface area (Å²) in [5.74, 6) is 0.329. The molecule has 0 aliphatic carbocycles. The van der Waals surface area contributed by atoms with Gasteiger partial charge in [0.05, 0.1) is 12.1 Å². The van der Waals surface area contributed by atoms with Crippen LogP contribution < -0.4 is 5.32 Å². The highest BCUT2D eigenvalue weighted by Crippen LogP contribution is 2.17. The Balaban J connectivity index is 1.35. The van der Waals surface area contributed by atoms with Gasteiger partial charge < -0.3 is 14.8 Å². The molecule has 6 heteroatoms. The number of hydrogen-bond acceptors (Lipinski definition) is 4. The summed E-state index contributed by atoms with van der Waals surface area (Å²) in [6, 6.07) is 11.5. The molecule has 1 aromatic carbocycles. The summed E-state index contributed by atoms with van der Waals surface area (Å²) >= 11 is 0. The van der Waals surface area contributed by atoms with Crippen molar-refractivity contribution in [3.8, 4) is 5.75 Å². The lowest BCUT2D eigenvalue weighted by molar-refractivity contribution is -0.121. The van der Waals surface area contributed by atoms with Crippen LogP contribution >= 0.6 is 0 Å². The van der Waals surface area contributed by atoms with Gasteiger partial charge in [-0.3, -0.25) is 9.69 Å². The number of hydrogen-bond donors (Lipinski definition) is 2. The highest BCUT2D eigenvalue weighted by atomic mass is 16.3. The maximum atomic E-state index is 12.6. The van der Waals surface area contributed by atoms with Crippen LogP contribution in [0, 0.1) is 6.92 Å². The van der Waals surface area contributed by atoms with Crippen LogP contribution in [0.2, 0.25) is 0 Å². The minimum atomic E-state index is 0.0347. The highest BCUT2D eigenvalue weighted by Gasteiger charge is 2.22. The number of nitrogens with one attached hydrogen (secondary N) is 1. The maximum Gasteiger partial charge on any atom is 0.226 e. The minimum absolute atomic E-state index is 0.0347. The van der Waals surface area contributed by atoms with E-state index in [1.54, 1.807) is 18.3 Å². The molecule has 1 aliphatic rings. The van der Waals surface area contributed by atoms with Crippen LogP contribution in [-0.2, 0) is 17.8 Å². The second kappa shape index (κ2) is 8.02. The molecule has 1 atom stereocenters. The second-order valence-corrected chi connectivity index (χ2v) is 7.62. The molecule has 2 aromatic heterocycles. The van der Waals surface area contributed by atoms with E-state index in [0.29, 0.717) is 12.2 Å². The number of aromatic hydroxyl groups is 1. The number of aromatic nitrogens is 2. The van der Waals surface area contributed by atoms with Crippen molar-refractivity contribution in [3.05, 3.63) is 65.6 Å². The molecule has 0 spiro atoms. The molecule has 0 saturated carbocycles. The lowest BCUT2D eigenvalue weighted by Crippen LogP contribution is -2.47. The fourth-order valence-electron chi connectivity index (χ4n) is 4.01. The van der Waals surface area contributed by atoms with Gasteiger partial charge in [0.1, 0.15) is 11.4 Å². The summed E-state index contributed by atoms with van der Waals surface area (Å²) in [6.07, 6.45) is 6.12. The van der Waals surface area contributed by atoms with Gasteiger partial charge in [-0.1, -0.05) is 18.2 Å². The Kier molecular flexibility index (Phi) is 5.30. The Morgan fingerprint density at radius 3 is 3.07 bits per heavy atom. The van der Waals surface area contributed by atoms with E-state index < -0.39 is 0 Å². The average molecular weight is 378 g/mol. The number of carbonyl (C=O) groups excluding carboxylic acids is 1. The van der Waals surface area contributed by atoms with Gasteiger partial charge in [-0.15, -0.1) is 0 Å². The van der Waals surface area contributed by atoms with Gasteiger partial charge in [-0.05, 0) is 55.6 Å². The molecule has 6 nitrogen and oxygen atoms in total. The Bertz CT molecular complexity index is 982. The summed E-state index contributed by atoms with van der Waals surface area (Å²) in [5, 5.41) is 12.8. The predicted octanol–water partition coefficient (Wildman–Crippen LogP) is 2.67. The van der Waals surface area contributed by atoms with Crippen molar-refractivity contribution < 1.29 is 9.90 Å². The van der Waals surface area contributed by atoms with E-state index in [1.807, 2.05) is 41.8 Å². The van der Waals surface area contributed by atoms with Crippen molar-refractivity contribution in [2.45, 2.75) is 38.8 Å². The van der Waals surface area contributed by atoms with Gasteiger partial charge in [0.2, 0.25) is 5.91 Å². The number of piperidine rings is 1. The van der Waals surface area contributed by atoms with Crippen molar-refractivity contribution in [1.29, 1.82) is 0 Å². The lowest BCUT2D eigenvalue weighted by Gasteiger charge is -2.33. The van der Waals surface area contributed by atoms with Crippen molar-refractivity contribution in [2.24, 2.45) is 0 Å². The molecule has 4 rings (SSSR count). The normalized spacial score (nSPS) is 17.7. The largest absolute Gasteiger partial charge is 0.508 e. The topological polar surface area (TPSA) is 69.9 Å². The molecule has 28 heavy (non-hydrogen) atoms. The molecule has 1 fully saturated rings. The lowest BCUT2D eigenvalue weighted by atomic mass is 10.0. The first-order valence-electron chi connectivity index (χ1n) is 9.79. The summed E-state index contributed by atoms with van der Waals surface area (Å²) in [7, 11) is 0. The highest BCUT2D eigenvalue weighted by molar-refractivity contribution is 5.78. The zero-order valence-electron chi connectivity index (χ0n) is 16.1. The number of likely N-dealkylation sites (tertiary alicyclic amines) is 1. The van der Waals surface area contributed by atoms with Gasteiger partial charge in [0.15, 0.2) is 0 Å². The van der Waals surface area contributed by atoms with Crippen LogP contribution in [-0.4, -0.2) is 44.4 Å². The Labute approximate surface area is 164 Å². The number of nitrogens with zero attached hydrogens (tertiary/aromatic N) is 3. The Morgan fingerprint density at radius 1 is 1.32 bits per heavy atom. The zero-order chi connectivity index (χ0) is 19.5. The van der Waals surface area contributed by atoms with Gasteiger partial charge in [0.25, 0.3) is 0 Å². The third-order valence-electron chi connectivity index (χ3n) is 5.34. The standard InChI is InChI=1S/C22H26N4O2/c1-16-5-3-10-26-19(13-23-22(16)26)12-21(28)24-18-7-4-9-25(15-18)14-17-6-2-8-20(27)11-17/h2-3,5-6,8,10-11,13,18,27H,4,7,9,12,14-15H2,1H3,(H,24,28). The van der Waals surface area contributed by atoms with E-state index in [-0.39, 0.29) is 11.9 Å². The summed E-state index contributed by atoms with van der Waals surface area (Å²) in [6.45, 7) is 4.64. The number of fused-ring (bicyclic) bond motifs is 1. The van der Waals surface area contributed by atoms with E-state index in [0.717, 1.165) is 54.9 Å². The van der Waals surface area contributed by atoms with Crippen LogP contribution in [0.5, 0.6) is 5.75 Å². The van der Waals surface area contributed by atoms with Crippen molar-refractivity contribution in [3.63, 3.8) is 0 Å². The molecular formula is C22H26N4O2. The van der Waals surface area contributed by atoms with Gasteiger partial charge in [-0.25, -0.2) is 4.98 Å². The third-order valence-corrected chi connectivity index (χ3v) is 5.34. The first-order chi connectivity index (χ1) is 13.6. The molecular weight excluding hydrogens is 352 g/mol. The summed E-state index contributed by atoms with van der Waals surface area (Å²) in [5.41, 5.74) is 4.00. The van der Waals surface area contributed by atoms with Crippen LogP contribution in [0.1, 0.15) is 29.7 Å². The monoisotopic (exact) mass is 378 g/mol. The molecule has 3 heterocycles. The van der Waals surface area contributed by atoms with Crippen LogP contribution in [0.3, 0.4) is 0 Å². The van der Waals surface area contributed by atoms with E-state index in [4.69, 9.17) is 0 Å². The SMILES string of the molecule is Cc1cccn2c(CC(=O)NC3CCCN(Cc4cccc(O)c4)C3)cnc12. The number of benzene rings is 1. The Hall–Kier alpha value is -2.86. The molecule has 3 aromatic rings. The fraction of sp³-hybridized carbons (Fsp3) is 0.364. The number of imidazole rings is 1. The predicted molar refractivity (Wildman–Crippen MR) is 108 cm³/mol. The van der Waals surface area contributed by atoms with Crippen molar-refractivity contribution >= 4 is 11.6 Å². The average Bonchev–Trinajstić information content (AvgIpc) is 3.06. The number of aryl methyl sites for hydroxylation is 1. The summed E-state index contributed by atoms with van der Waals surface area (Å²) < 4.78 is 1.99. The van der Waals surface area contributed by atoms with Crippen molar-refractivity contribution in [2.75, 3.05) is 13.1 Å². The molecule has 1 saturated heterocycles. The van der Waals surface area contributed by atoms with E-state index in [1.165, 1.54) is 0 Å². The van der Waals surface area contributed by atoms with Crippen molar-refractivity contribution in [1.82, 2.24) is 19.6 Å². The first-order valence-corrected chi connectivity index (χ1v) is 9.79. The molecule has 2 N–H and O–H groups in total. The van der Waals surface area contributed by atoms with Gasteiger partial charge in [-0.2, -0.15) is 0 Å². The smallest absolute Gasteiger partial charge is 0.226 e. The van der Waals surface area contributed by atoms with Crippen LogP contribution in [0.25, 0.3) is 5.65 Å². The number of carbonyl (C=O) groups is 1. The van der Waals surface area contributed by atoms with Crippen LogP contribution in [0.4, 0.5) is 0 Å². The van der Waals surface area contributed by atoms with E-state index in [9.17, 15) is 9.90 Å². The first kappa shape index (κ1) is 18.5. The van der Waals surface area contributed by atoms with Crippen LogP contribution in [0.15, 0.2) is 48.8 Å². The second-order valence-electron chi connectivity index (χ2n) is 7.62. The quantitative estimate of drug-likeness (QED) is 0.716. The molecule has 0 radical (unpaired) electrons. The number of rotatable bonds is 5. The fourth-order valence-corrected chi connectivity index (χ4v) is 4.01. The number of phenolic OH excluding ortho intramolecular Hbond substituents is 1. The molecule has 1 unspecified atom stereocenters. The number of pyridine rings is 1. The third kappa shape index (κ3) is 4.17. The van der Waals surface area contributed by atoms with E-state index in [2.05, 4.69) is 15.2 Å².